The van der Waals surface area contributed by atoms with Crippen LogP contribution in [0.3, 0.4) is 0 Å². The van der Waals surface area contributed by atoms with Crippen LogP contribution < -0.4 is 10.6 Å². The molecule has 1 aliphatic rings. The van der Waals surface area contributed by atoms with E-state index < -0.39 is 0 Å². The first kappa shape index (κ1) is 17.7. The summed E-state index contributed by atoms with van der Waals surface area (Å²) in [5.74, 6) is 0.525. The van der Waals surface area contributed by atoms with Crippen LogP contribution >= 0.6 is 0 Å². The second kappa shape index (κ2) is 8.24. The molecule has 1 amide bonds. The van der Waals surface area contributed by atoms with Crippen LogP contribution in [-0.4, -0.2) is 24.5 Å². The number of rotatable bonds is 5. The molecule has 126 valence electrons. The van der Waals surface area contributed by atoms with Crippen LogP contribution in [0.25, 0.3) is 0 Å². The van der Waals surface area contributed by atoms with E-state index in [2.05, 4.69) is 15.6 Å². The van der Waals surface area contributed by atoms with Crippen molar-refractivity contribution in [1.82, 2.24) is 5.32 Å². The standard InChI is InChI=1S/C19H24N4O/c1-4-5-12-22-19-14(10-11-17(24)23-19)13(2)18(20)15-8-6-7-9-16(15)21-3/h5-9,12,20-21H,4,10-11H2,1-3H3,(H,22,23,24)/b12-5+,14-13+,20-18?. The van der Waals surface area contributed by atoms with Crippen molar-refractivity contribution in [3.05, 3.63) is 53.3 Å². The smallest absolute Gasteiger partial charge is 0.225 e. The minimum atomic E-state index is -0.0302. The maximum Gasteiger partial charge on any atom is 0.225 e. The monoisotopic (exact) mass is 324 g/mol. The first-order chi connectivity index (χ1) is 11.6. The van der Waals surface area contributed by atoms with Crippen molar-refractivity contribution in [2.75, 3.05) is 12.4 Å². The van der Waals surface area contributed by atoms with E-state index >= 15 is 0 Å². The summed E-state index contributed by atoms with van der Waals surface area (Å²) in [7, 11) is 1.85. The highest BCUT2D eigenvalue weighted by Gasteiger charge is 2.22. The summed E-state index contributed by atoms with van der Waals surface area (Å²) in [5.41, 5.74) is 3.95. The van der Waals surface area contributed by atoms with Gasteiger partial charge in [0.2, 0.25) is 5.91 Å². The van der Waals surface area contributed by atoms with Crippen LogP contribution in [-0.2, 0) is 4.79 Å². The van der Waals surface area contributed by atoms with Gasteiger partial charge in [0.1, 0.15) is 5.84 Å². The number of carbonyl (C=O) groups is 1. The maximum atomic E-state index is 11.7. The van der Waals surface area contributed by atoms with E-state index in [0.717, 1.165) is 28.8 Å². The van der Waals surface area contributed by atoms with Crippen molar-refractivity contribution in [1.29, 1.82) is 5.41 Å². The topological polar surface area (TPSA) is 77.3 Å². The summed E-state index contributed by atoms with van der Waals surface area (Å²) < 4.78 is 0. The van der Waals surface area contributed by atoms with Gasteiger partial charge in [0.25, 0.3) is 0 Å². The highest BCUT2D eigenvalue weighted by molar-refractivity contribution is 6.20. The van der Waals surface area contributed by atoms with Gasteiger partial charge in [0.15, 0.2) is 0 Å². The van der Waals surface area contributed by atoms with Crippen molar-refractivity contribution in [3.63, 3.8) is 0 Å². The van der Waals surface area contributed by atoms with Crippen molar-refractivity contribution in [3.8, 4) is 0 Å². The first-order valence-electron chi connectivity index (χ1n) is 8.17. The summed E-state index contributed by atoms with van der Waals surface area (Å²) in [6, 6.07) is 7.73. The Morgan fingerprint density at radius 3 is 2.83 bits per heavy atom. The number of nitrogens with one attached hydrogen (secondary N) is 3. The molecule has 1 aromatic carbocycles. The Labute approximate surface area is 143 Å². The third-order valence-corrected chi connectivity index (χ3v) is 3.98. The zero-order chi connectivity index (χ0) is 17.5. The molecular formula is C19H24N4O. The number of benzene rings is 1. The molecule has 2 rings (SSSR count). The largest absolute Gasteiger partial charge is 0.388 e. The van der Waals surface area contributed by atoms with Crippen molar-refractivity contribution < 1.29 is 4.79 Å². The number of para-hydroxylation sites is 1. The molecule has 5 heteroatoms. The number of hydrogen-bond acceptors (Lipinski definition) is 4. The molecule has 1 heterocycles. The fourth-order valence-electron chi connectivity index (χ4n) is 2.61. The van der Waals surface area contributed by atoms with Crippen LogP contribution in [0.15, 0.2) is 52.7 Å². The summed E-state index contributed by atoms with van der Waals surface area (Å²) >= 11 is 0. The van der Waals surface area contributed by atoms with E-state index in [-0.39, 0.29) is 5.91 Å². The zero-order valence-corrected chi connectivity index (χ0v) is 14.4. The Hall–Kier alpha value is -2.69. The molecule has 1 aliphatic heterocycles. The van der Waals surface area contributed by atoms with E-state index in [4.69, 9.17) is 5.41 Å². The molecule has 1 aromatic rings. The Balaban J connectivity index is 2.42. The van der Waals surface area contributed by atoms with Gasteiger partial charge in [-0.1, -0.05) is 31.2 Å². The molecule has 5 nitrogen and oxygen atoms in total. The predicted molar refractivity (Wildman–Crippen MR) is 99.8 cm³/mol. The van der Waals surface area contributed by atoms with Gasteiger partial charge < -0.3 is 10.6 Å². The number of amidine groups is 1. The van der Waals surface area contributed by atoms with Crippen LogP contribution in [0.4, 0.5) is 5.69 Å². The Kier molecular flexibility index (Phi) is 6.07. The van der Waals surface area contributed by atoms with E-state index in [1.807, 2.05) is 51.2 Å². The number of amides is 1. The number of carbonyl (C=O) groups excluding carboxylic acids is 1. The molecule has 0 aliphatic carbocycles. The molecule has 0 aromatic heterocycles. The van der Waals surface area contributed by atoms with Gasteiger partial charge >= 0.3 is 0 Å². The molecule has 0 spiro atoms. The zero-order valence-electron chi connectivity index (χ0n) is 14.4. The quantitative estimate of drug-likeness (QED) is 0.723. The maximum absolute atomic E-state index is 11.7. The van der Waals surface area contributed by atoms with Gasteiger partial charge in [-0.05, 0) is 31.4 Å². The number of hydrogen-bond donors (Lipinski definition) is 3. The van der Waals surface area contributed by atoms with Crippen molar-refractivity contribution in [2.24, 2.45) is 4.99 Å². The third-order valence-electron chi connectivity index (χ3n) is 3.98. The highest BCUT2D eigenvalue weighted by atomic mass is 16.1. The lowest BCUT2D eigenvalue weighted by molar-refractivity contribution is -0.119. The minimum Gasteiger partial charge on any atom is -0.388 e. The fraction of sp³-hybridized carbons (Fsp3) is 0.316. The number of aliphatic imine (C=N–C) groups is 1. The Morgan fingerprint density at radius 1 is 1.38 bits per heavy atom. The Morgan fingerprint density at radius 2 is 2.12 bits per heavy atom. The third kappa shape index (κ3) is 3.98. The molecule has 0 unspecified atom stereocenters. The van der Waals surface area contributed by atoms with Crippen LogP contribution in [0, 0.1) is 5.41 Å². The molecule has 0 bridgehead atoms. The number of anilines is 1. The number of allylic oxidation sites excluding steroid dienone is 2. The lowest BCUT2D eigenvalue weighted by atomic mass is 9.93. The average molecular weight is 324 g/mol. The van der Waals surface area contributed by atoms with Crippen molar-refractivity contribution >= 4 is 23.1 Å². The first-order valence-corrected chi connectivity index (χ1v) is 8.17. The molecular weight excluding hydrogens is 300 g/mol. The van der Waals surface area contributed by atoms with E-state index in [0.29, 0.717) is 24.4 Å². The predicted octanol–water partition coefficient (Wildman–Crippen LogP) is 3.64. The van der Waals surface area contributed by atoms with E-state index in [1.54, 1.807) is 6.20 Å². The molecule has 0 saturated carbocycles. The van der Waals surface area contributed by atoms with E-state index in [1.165, 1.54) is 0 Å². The fourth-order valence-corrected chi connectivity index (χ4v) is 2.61. The van der Waals surface area contributed by atoms with Gasteiger partial charge in [-0.2, -0.15) is 0 Å². The van der Waals surface area contributed by atoms with Gasteiger partial charge in [-0.25, -0.2) is 4.99 Å². The van der Waals surface area contributed by atoms with Crippen LogP contribution in [0.2, 0.25) is 0 Å². The number of piperidine rings is 1. The van der Waals surface area contributed by atoms with Crippen molar-refractivity contribution in [2.45, 2.75) is 33.1 Å². The average Bonchev–Trinajstić information content (AvgIpc) is 2.61. The molecule has 0 atom stereocenters. The van der Waals surface area contributed by atoms with Crippen LogP contribution in [0.5, 0.6) is 0 Å². The molecule has 1 fully saturated rings. The summed E-state index contributed by atoms with van der Waals surface area (Å²) in [6.07, 6.45) is 5.54. The van der Waals surface area contributed by atoms with Gasteiger partial charge in [0.05, 0.1) is 5.71 Å². The SMILES string of the molecule is CC/C=C/N=C1\NC(=O)CC\C1=C(\C)C(=N)c1ccccc1NC. The lowest BCUT2D eigenvalue weighted by Gasteiger charge is -2.21. The second-order valence-corrected chi connectivity index (χ2v) is 5.59. The second-order valence-electron chi connectivity index (χ2n) is 5.59. The van der Waals surface area contributed by atoms with Crippen LogP contribution in [0.1, 0.15) is 38.7 Å². The number of nitrogens with zero attached hydrogens (tertiary/aromatic N) is 1. The summed E-state index contributed by atoms with van der Waals surface area (Å²) in [4.78, 5) is 16.1. The molecule has 3 N–H and O–H groups in total. The molecule has 0 radical (unpaired) electrons. The lowest BCUT2D eigenvalue weighted by Crippen LogP contribution is -2.37. The highest BCUT2D eigenvalue weighted by Crippen LogP contribution is 2.23. The molecule has 24 heavy (non-hydrogen) atoms. The summed E-state index contributed by atoms with van der Waals surface area (Å²) in [6.45, 7) is 3.95. The normalized spacial score (nSPS) is 18.6. The van der Waals surface area contributed by atoms with Gasteiger partial charge in [-0.3, -0.25) is 10.2 Å². The van der Waals surface area contributed by atoms with E-state index in [9.17, 15) is 4.79 Å². The molecule has 1 saturated heterocycles. The Bertz CT molecular complexity index is 729. The minimum absolute atomic E-state index is 0.0302. The van der Waals surface area contributed by atoms with Gasteiger partial charge in [-0.15, -0.1) is 0 Å². The summed E-state index contributed by atoms with van der Waals surface area (Å²) in [5, 5.41) is 14.5. The van der Waals surface area contributed by atoms with Gasteiger partial charge in [0, 0.05) is 36.5 Å².